The van der Waals surface area contributed by atoms with Crippen LogP contribution in [0, 0.1) is 0 Å². The Bertz CT molecular complexity index is 1720. The van der Waals surface area contributed by atoms with Gasteiger partial charge >= 0.3 is 0 Å². The van der Waals surface area contributed by atoms with Gasteiger partial charge in [-0.3, -0.25) is 0 Å². The van der Waals surface area contributed by atoms with Crippen LogP contribution in [0.5, 0.6) is 0 Å². The number of allylic oxidation sites excluding steroid dienone is 4. The monoisotopic (exact) mass is 542 g/mol. The lowest BCUT2D eigenvalue weighted by molar-refractivity contribution is -0.451. The van der Waals surface area contributed by atoms with Crippen molar-refractivity contribution in [2.45, 2.75) is 64.7 Å². The van der Waals surface area contributed by atoms with Crippen molar-refractivity contribution >= 4 is 38.6 Å². The molecule has 2 aliphatic heterocycles. The lowest BCUT2D eigenvalue weighted by Gasteiger charge is -2.27. The highest BCUT2D eigenvalue weighted by atomic mass is 16.3. The first-order valence-corrected chi connectivity index (χ1v) is 15.2. The number of nitrogens with zero attached hydrogens (tertiary/aromatic N) is 2. The third-order valence-electron chi connectivity index (χ3n) is 9.28. The molecule has 0 saturated heterocycles. The van der Waals surface area contributed by atoms with Crippen molar-refractivity contribution in [3.63, 3.8) is 0 Å². The van der Waals surface area contributed by atoms with Gasteiger partial charge < -0.3 is 10.0 Å². The predicted octanol–water partition coefficient (Wildman–Crippen LogP) is 8.16. The van der Waals surface area contributed by atoms with Crippen LogP contribution >= 0.6 is 0 Å². The molecule has 0 aliphatic carbocycles. The lowest BCUT2D eigenvalue weighted by Crippen LogP contribution is -2.29. The van der Waals surface area contributed by atoms with Gasteiger partial charge in [-0.05, 0) is 72.0 Å². The fourth-order valence-electron chi connectivity index (χ4n) is 7.32. The third kappa shape index (κ3) is 4.42. The van der Waals surface area contributed by atoms with Crippen molar-refractivity contribution in [3.8, 4) is 0 Å². The summed E-state index contributed by atoms with van der Waals surface area (Å²) in [5, 5.41) is 16.8. The molecule has 3 nitrogen and oxygen atoms in total. The summed E-state index contributed by atoms with van der Waals surface area (Å²) in [6.45, 7) is 13.4. The number of hydrogen-bond donors (Lipinski definition) is 0. The second-order valence-electron chi connectivity index (χ2n) is 12.6. The van der Waals surface area contributed by atoms with Crippen LogP contribution in [-0.4, -0.2) is 30.0 Å². The van der Waals surface area contributed by atoms with Crippen LogP contribution in [-0.2, 0) is 10.8 Å². The summed E-state index contributed by atoms with van der Waals surface area (Å²) in [4.78, 5) is 2.55. The van der Waals surface area contributed by atoms with Gasteiger partial charge in [0.05, 0.1) is 5.41 Å². The summed E-state index contributed by atoms with van der Waals surface area (Å²) in [6, 6.07) is 26.5. The molecule has 41 heavy (non-hydrogen) atoms. The summed E-state index contributed by atoms with van der Waals surface area (Å²) in [6.07, 6.45) is 9.86. The lowest BCUT2D eigenvalue weighted by atomic mass is 9.79. The molecule has 3 heteroatoms. The van der Waals surface area contributed by atoms with E-state index in [-0.39, 0.29) is 17.4 Å². The molecule has 0 N–H and O–H groups in total. The first kappa shape index (κ1) is 27.5. The van der Waals surface area contributed by atoms with E-state index in [1.54, 1.807) is 0 Å². The van der Waals surface area contributed by atoms with E-state index in [1.165, 1.54) is 55.5 Å². The van der Waals surface area contributed by atoms with E-state index >= 15 is 0 Å². The van der Waals surface area contributed by atoms with Crippen LogP contribution in [0.3, 0.4) is 0 Å². The van der Waals surface area contributed by atoms with Crippen LogP contribution in [0.25, 0.3) is 21.5 Å². The zero-order chi connectivity index (χ0) is 28.8. The van der Waals surface area contributed by atoms with E-state index in [2.05, 4.69) is 135 Å². The standard InChI is InChI=1S/C38H42N2O/c1-6-7-24-39-31-22-20-27-14-8-10-16-29(27)35(31)37(2,3)33(39)18-12-19-34-38(4,5)36-30-17-11-9-15-28(30)21-23-32(36)40(34)25-13-26-41/h8-12,14-23H,6-7,13,24-26H2,1-5H3. The molecular formula is C38H42N2O. The quantitative estimate of drug-likeness (QED) is 0.210. The Hall–Kier alpha value is -3.69. The van der Waals surface area contributed by atoms with Gasteiger partial charge in [0.1, 0.15) is 6.54 Å². The van der Waals surface area contributed by atoms with Gasteiger partial charge in [-0.1, -0.05) is 87.9 Å². The number of benzene rings is 4. The van der Waals surface area contributed by atoms with Crippen molar-refractivity contribution in [3.05, 3.63) is 108 Å². The fourth-order valence-corrected chi connectivity index (χ4v) is 7.32. The van der Waals surface area contributed by atoms with Gasteiger partial charge in [-0.15, -0.1) is 6.61 Å². The molecule has 6 rings (SSSR count). The van der Waals surface area contributed by atoms with Crippen molar-refractivity contribution in [1.29, 1.82) is 0 Å². The first-order chi connectivity index (χ1) is 19.8. The molecule has 210 valence electrons. The molecule has 2 aliphatic rings. The SMILES string of the molecule is CCCCN1/C(=C\C=C\C2=[N+](CCC[O-])c3ccc4ccccc4c3C2(C)C)C(C)(C)c2c1ccc1ccccc21. The van der Waals surface area contributed by atoms with E-state index < -0.39 is 0 Å². The van der Waals surface area contributed by atoms with Crippen molar-refractivity contribution < 1.29 is 9.68 Å². The topological polar surface area (TPSA) is 29.3 Å². The summed E-state index contributed by atoms with van der Waals surface area (Å²) < 4.78 is 2.39. The average molecular weight is 543 g/mol. The Morgan fingerprint density at radius 2 is 1.44 bits per heavy atom. The zero-order valence-electron chi connectivity index (χ0n) is 25.2. The van der Waals surface area contributed by atoms with E-state index in [0.717, 1.165) is 25.9 Å². The van der Waals surface area contributed by atoms with Crippen molar-refractivity contribution in [2.24, 2.45) is 0 Å². The number of rotatable bonds is 8. The Balaban J connectivity index is 1.46. The first-order valence-electron chi connectivity index (χ1n) is 15.2. The summed E-state index contributed by atoms with van der Waals surface area (Å²) in [5.74, 6) is 0. The van der Waals surface area contributed by atoms with Crippen LogP contribution < -0.4 is 10.0 Å². The van der Waals surface area contributed by atoms with Gasteiger partial charge in [0.15, 0.2) is 5.71 Å². The molecule has 0 radical (unpaired) electrons. The van der Waals surface area contributed by atoms with E-state index in [0.29, 0.717) is 6.42 Å². The van der Waals surface area contributed by atoms with Gasteiger partial charge in [0.25, 0.3) is 0 Å². The van der Waals surface area contributed by atoms with E-state index in [4.69, 9.17) is 0 Å². The molecule has 2 heterocycles. The molecule has 0 atom stereocenters. The second-order valence-corrected chi connectivity index (χ2v) is 12.6. The second kappa shape index (κ2) is 10.6. The zero-order valence-corrected chi connectivity index (χ0v) is 25.2. The molecule has 0 bridgehead atoms. The molecule has 4 aromatic rings. The molecule has 0 unspecified atom stereocenters. The maximum absolute atomic E-state index is 11.6. The summed E-state index contributed by atoms with van der Waals surface area (Å²) in [5.41, 5.74) is 7.67. The van der Waals surface area contributed by atoms with Crippen LogP contribution in [0.2, 0.25) is 0 Å². The van der Waals surface area contributed by atoms with Crippen LogP contribution in [0.15, 0.2) is 96.7 Å². The fraction of sp³-hybridized carbons (Fsp3) is 0.342. The van der Waals surface area contributed by atoms with Crippen LogP contribution in [0.4, 0.5) is 11.4 Å². The largest absolute Gasteiger partial charge is 0.854 e. The maximum Gasteiger partial charge on any atom is 0.210 e. The minimum Gasteiger partial charge on any atom is -0.854 e. The van der Waals surface area contributed by atoms with Gasteiger partial charge in [0, 0.05) is 41.1 Å². The summed E-state index contributed by atoms with van der Waals surface area (Å²) >= 11 is 0. The number of unbranched alkanes of at least 4 members (excludes halogenated alkanes) is 1. The minimum atomic E-state index is -0.180. The molecule has 0 saturated carbocycles. The minimum absolute atomic E-state index is 0.0618. The smallest absolute Gasteiger partial charge is 0.210 e. The normalized spacial score (nSPS) is 18.3. The third-order valence-corrected chi connectivity index (χ3v) is 9.28. The van der Waals surface area contributed by atoms with Crippen molar-refractivity contribution in [1.82, 2.24) is 0 Å². The van der Waals surface area contributed by atoms with Crippen LogP contribution in [0.1, 0.15) is 65.0 Å². The maximum atomic E-state index is 11.6. The van der Waals surface area contributed by atoms with Gasteiger partial charge in [-0.2, -0.15) is 4.58 Å². The van der Waals surface area contributed by atoms with E-state index in [9.17, 15) is 5.11 Å². The molecule has 0 fully saturated rings. The highest BCUT2D eigenvalue weighted by Gasteiger charge is 2.45. The Morgan fingerprint density at radius 1 is 0.780 bits per heavy atom. The molecular weight excluding hydrogens is 500 g/mol. The van der Waals surface area contributed by atoms with Gasteiger partial charge in [0.2, 0.25) is 5.69 Å². The Morgan fingerprint density at radius 3 is 2.12 bits per heavy atom. The van der Waals surface area contributed by atoms with Gasteiger partial charge in [-0.25, -0.2) is 0 Å². The molecule has 0 aromatic heterocycles. The number of hydrogen-bond acceptors (Lipinski definition) is 2. The summed E-state index contributed by atoms with van der Waals surface area (Å²) in [7, 11) is 0. The Labute approximate surface area is 245 Å². The molecule has 0 spiro atoms. The molecule has 4 aromatic carbocycles. The number of fused-ring (bicyclic) bond motifs is 6. The highest BCUT2D eigenvalue weighted by Crippen LogP contribution is 2.51. The Kier molecular flexibility index (Phi) is 7.11. The van der Waals surface area contributed by atoms with Crippen molar-refractivity contribution in [2.75, 3.05) is 24.6 Å². The number of anilines is 1. The highest BCUT2D eigenvalue weighted by molar-refractivity contribution is 6.07. The van der Waals surface area contributed by atoms with E-state index in [1.807, 2.05) is 0 Å². The predicted molar refractivity (Wildman–Crippen MR) is 173 cm³/mol. The average Bonchev–Trinajstić information content (AvgIpc) is 3.33. The molecule has 0 amide bonds.